The van der Waals surface area contributed by atoms with Crippen molar-refractivity contribution in [1.82, 2.24) is 0 Å². The Morgan fingerprint density at radius 3 is 1.33 bits per heavy atom. The molecule has 4 atom stereocenters. The van der Waals surface area contributed by atoms with Crippen molar-refractivity contribution in [2.75, 3.05) is 4.90 Å². The summed E-state index contributed by atoms with van der Waals surface area (Å²) < 4.78 is 0. The van der Waals surface area contributed by atoms with E-state index in [9.17, 15) is 19.7 Å². The van der Waals surface area contributed by atoms with Crippen LogP contribution in [0.2, 0.25) is 10.0 Å². The number of amides is 2. The fourth-order valence-corrected chi connectivity index (χ4v) is 8.59. The fraction of sp³-hybridized carbons (Fsp3) is 0.103. The number of fused-ring (bicyclic) bond motifs is 5. The van der Waals surface area contributed by atoms with E-state index in [4.69, 9.17) is 23.2 Å². The normalized spacial score (nSPS) is 24.4. The summed E-state index contributed by atoms with van der Waals surface area (Å²) in [6, 6.07) is 38.1. The summed E-state index contributed by atoms with van der Waals surface area (Å²) in [6.07, 6.45) is 0. The predicted octanol–water partition coefficient (Wildman–Crippen LogP) is 8.09. The number of hydrogen-bond donors (Lipinski definition) is 0. The lowest BCUT2D eigenvalue weighted by molar-refractivity contribution is -0.384. The highest BCUT2D eigenvalue weighted by Crippen LogP contribution is 2.74. The van der Waals surface area contributed by atoms with Crippen LogP contribution in [0.3, 0.4) is 0 Å². The first-order valence-electron chi connectivity index (χ1n) is 15.3. The Morgan fingerprint density at radius 1 is 0.562 bits per heavy atom. The van der Waals surface area contributed by atoms with Crippen LogP contribution in [0.1, 0.15) is 22.3 Å². The molecule has 0 N–H and O–H groups in total. The molecule has 5 aromatic carbocycles. The van der Waals surface area contributed by atoms with Gasteiger partial charge in [0.2, 0.25) is 11.8 Å². The summed E-state index contributed by atoms with van der Waals surface area (Å²) in [5, 5.41) is 12.3. The molecule has 5 aromatic rings. The zero-order valence-electron chi connectivity index (χ0n) is 25.0. The number of nitro groups is 1. The summed E-state index contributed by atoms with van der Waals surface area (Å²) in [5.41, 5.74) is 0.645. The van der Waals surface area contributed by atoms with E-state index in [2.05, 4.69) is 0 Å². The van der Waals surface area contributed by atoms with Crippen LogP contribution in [-0.2, 0) is 25.2 Å². The molecule has 0 radical (unpaired) electrons. The Hall–Kier alpha value is -5.37. The number of allylic oxidation sites excluding steroid dienone is 2. The van der Waals surface area contributed by atoms with Gasteiger partial charge in [-0.3, -0.25) is 24.5 Å². The Bertz CT molecular complexity index is 2060. The van der Waals surface area contributed by atoms with E-state index < -0.39 is 39.4 Å². The molecule has 1 saturated heterocycles. The molecule has 9 heteroatoms. The molecule has 1 heterocycles. The number of hydrogen-bond acceptors (Lipinski definition) is 5. The Labute approximate surface area is 285 Å². The van der Waals surface area contributed by atoms with Crippen molar-refractivity contribution in [2.45, 2.75) is 10.8 Å². The molecule has 1 aliphatic heterocycles. The van der Waals surface area contributed by atoms with E-state index in [0.29, 0.717) is 32.3 Å². The number of nitrogens with zero attached hydrogens (tertiary/aromatic N) is 2. The average Bonchev–Trinajstić information content (AvgIpc) is 3.61. The lowest BCUT2D eigenvalue weighted by atomic mass is 9.59. The van der Waals surface area contributed by atoms with E-state index in [-0.39, 0.29) is 17.2 Å². The number of carbonyl (C=O) groups is 3. The van der Waals surface area contributed by atoms with Crippen LogP contribution in [0.4, 0.5) is 11.4 Å². The van der Waals surface area contributed by atoms with Crippen LogP contribution < -0.4 is 4.90 Å². The minimum absolute atomic E-state index is 0.178. The van der Waals surface area contributed by atoms with Gasteiger partial charge in [-0.05, 0) is 69.8 Å². The number of ketones is 1. The summed E-state index contributed by atoms with van der Waals surface area (Å²) in [6.45, 7) is 0. The summed E-state index contributed by atoms with van der Waals surface area (Å²) in [7, 11) is 0. The van der Waals surface area contributed by atoms with Crippen molar-refractivity contribution in [2.24, 2.45) is 11.8 Å². The first-order valence-corrected chi connectivity index (χ1v) is 16.0. The molecule has 0 spiro atoms. The second-order valence-corrected chi connectivity index (χ2v) is 13.1. The van der Waals surface area contributed by atoms with Crippen LogP contribution in [0.25, 0.3) is 11.1 Å². The molecular formula is C39H24Cl2N2O5. The molecule has 8 rings (SSSR count). The number of Topliss-reactive ketones (excluding diaryl/α,β-unsaturated/α-hetero) is 1. The quantitative estimate of drug-likeness (QED) is 0.103. The molecule has 2 amide bonds. The van der Waals surface area contributed by atoms with Gasteiger partial charge in [-0.1, -0.05) is 108 Å². The van der Waals surface area contributed by atoms with E-state index >= 15 is 4.79 Å². The van der Waals surface area contributed by atoms with Gasteiger partial charge in [0.1, 0.15) is 0 Å². The topological polar surface area (TPSA) is 97.6 Å². The second-order valence-electron chi connectivity index (χ2n) is 12.2. The van der Waals surface area contributed by atoms with Gasteiger partial charge in [-0.2, -0.15) is 0 Å². The molecule has 3 aliphatic rings. The maximum Gasteiger partial charge on any atom is 0.269 e. The molecule has 7 nitrogen and oxygen atoms in total. The standard InChI is InChI=1S/C39H24Cl2N2O5/c40-27-15-11-25(12-16-27)38-31(23-7-3-1-4-8-23)32(24-9-5-2-6-10-24)39(37(38)46,26-13-17-28(41)18-14-26)34-33(38)35(44)42(36(34)45)29-19-21-30(22-20-29)43(47)48/h1-22,33-34H/t33-,34-,38-,39-/m1/s1. The second kappa shape index (κ2) is 10.8. The largest absolute Gasteiger partial charge is 0.297 e. The Kier molecular flexibility index (Phi) is 6.77. The molecular weight excluding hydrogens is 647 g/mol. The van der Waals surface area contributed by atoms with Gasteiger partial charge in [0.05, 0.1) is 33.3 Å². The Morgan fingerprint density at radius 2 is 0.958 bits per heavy atom. The van der Waals surface area contributed by atoms with Crippen molar-refractivity contribution < 1.29 is 19.3 Å². The number of rotatable bonds is 6. The first-order chi connectivity index (χ1) is 23.2. The molecule has 234 valence electrons. The molecule has 2 fully saturated rings. The Balaban J connectivity index is 1.52. The molecule has 1 saturated carbocycles. The zero-order valence-corrected chi connectivity index (χ0v) is 26.6. The fourth-order valence-electron chi connectivity index (χ4n) is 8.34. The highest BCUT2D eigenvalue weighted by molar-refractivity contribution is 6.39. The maximum absolute atomic E-state index is 15.9. The number of nitro benzene ring substituents is 1. The zero-order chi connectivity index (χ0) is 33.4. The first kappa shape index (κ1) is 30.0. The van der Waals surface area contributed by atoms with Gasteiger partial charge in [0, 0.05) is 22.2 Å². The maximum atomic E-state index is 15.9. The highest BCUT2D eigenvalue weighted by atomic mass is 35.5. The van der Waals surface area contributed by atoms with Crippen LogP contribution in [0.15, 0.2) is 133 Å². The highest BCUT2D eigenvalue weighted by Gasteiger charge is 2.82. The van der Waals surface area contributed by atoms with Gasteiger partial charge in [-0.25, -0.2) is 4.90 Å². The van der Waals surface area contributed by atoms with Crippen molar-refractivity contribution in [3.63, 3.8) is 0 Å². The van der Waals surface area contributed by atoms with Crippen molar-refractivity contribution in [3.05, 3.63) is 176 Å². The third-order valence-corrected chi connectivity index (χ3v) is 10.5. The molecule has 0 aromatic heterocycles. The molecule has 48 heavy (non-hydrogen) atoms. The lowest BCUT2D eigenvalue weighted by Crippen LogP contribution is -2.45. The van der Waals surface area contributed by atoms with E-state index in [0.717, 1.165) is 16.0 Å². The number of non-ortho nitro benzene ring substituents is 1. The van der Waals surface area contributed by atoms with Crippen LogP contribution >= 0.6 is 23.2 Å². The molecule has 2 aliphatic carbocycles. The summed E-state index contributed by atoms with van der Waals surface area (Å²) >= 11 is 12.8. The number of anilines is 1. The van der Waals surface area contributed by atoms with E-state index in [1.165, 1.54) is 24.3 Å². The number of benzene rings is 5. The summed E-state index contributed by atoms with van der Waals surface area (Å²) in [5.74, 6) is -3.69. The van der Waals surface area contributed by atoms with Crippen molar-refractivity contribution >= 4 is 63.3 Å². The molecule has 0 unspecified atom stereocenters. The van der Waals surface area contributed by atoms with Gasteiger partial charge < -0.3 is 0 Å². The van der Waals surface area contributed by atoms with E-state index in [1.807, 2.05) is 60.7 Å². The third kappa shape index (κ3) is 3.86. The number of imide groups is 1. The smallest absolute Gasteiger partial charge is 0.269 e. The van der Waals surface area contributed by atoms with Gasteiger partial charge in [0.15, 0.2) is 5.78 Å². The average molecular weight is 672 g/mol. The molecule has 2 bridgehead atoms. The minimum atomic E-state index is -1.61. The third-order valence-electron chi connectivity index (χ3n) is 10.0. The van der Waals surface area contributed by atoms with Crippen LogP contribution in [0, 0.1) is 22.0 Å². The number of carbonyl (C=O) groups excluding carboxylic acids is 3. The SMILES string of the molecule is O=C1[C@H]2[C@H](C(=O)N1c1ccc([N+](=O)[O-])cc1)[C@]1(c3ccc(Cl)cc3)C(=O)[C@]2(c2ccc(Cl)cc2)C(c2ccccc2)=C1c1ccccc1. The van der Waals surface area contributed by atoms with Gasteiger partial charge in [0.25, 0.3) is 5.69 Å². The van der Waals surface area contributed by atoms with Gasteiger partial charge in [-0.15, -0.1) is 0 Å². The van der Waals surface area contributed by atoms with E-state index in [1.54, 1.807) is 48.5 Å². The van der Waals surface area contributed by atoms with Gasteiger partial charge >= 0.3 is 0 Å². The lowest BCUT2D eigenvalue weighted by Gasteiger charge is -2.39. The predicted molar refractivity (Wildman–Crippen MR) is 184 cm³/mol. The van der Waals surface area contributed by atoms with Crippen molar-refractivity contribution in [3.8, 4) is 0 Å². The monoisotopic (exact) mass is 670 g/mol. The van der Waals surface area contributed by atoms with Crippen LogP contribution in [0.5, 0.6) is 0 Å². The minimum Gasteiger partial charge on any atom is -0.297 e. The number of halogens is 2. The van der Waals surface area contributed by atoms with Crippen molar-refractivity contribution in [1.29, 1.82) is 0 Å². The van der Waals surface area contributed by atoms with Crippen LogP contribution in [-0.4, -0.2) is 22.5 Å². The summed E-state index contributed by atoms with van der Waals surface area (Å²) in [4.78, 5) is 57.9.